The topological polar surface area (TPSA) is 75.4 Å². The van der Waals surface area contributed by atoms with Crippen LogP contribution >= 0.6 is 0 Å². The first-order valence-corrected chi connectivity index (χ1v) is 7.99. The Morgan fingerprint density at radius 1 is 1.05 bits per heavy atom. The highest BCUT2D eigenvalue weighted by Crippen LogP contribution is 2.27. The number of rotatable bonds is 4. The molecule has 5 nitrogen and oxygen atoms in total. The minimum absolute atomic E-state index is 0.0524. The number of hydrogen-bond acceptors (Lipinski definition) is 3. The Balaban J connectivity index is 1.85. The molecular weight excluding hydrogens is 254 g/mol. The molecule has 0 bridgehead atoms. The van der Waals surface area contributed by atoms with E-state index in [1.807, 2.05) is 4.90 Å². The average Bonchev–Trinajstić information content (AvgIpc) is 2.52. The lowest BCUT2D eigenvalue weighted by molar-refractivity contribution is -0.140. The Morgan fingerprint density at radius 3 is 2.45 bits per heavy atom. The number of carbonyl (C=O) groups is 2. The summed E-state index contributed by atoms with van der Waals surface area (Å²) in [6, 6.07) is 0. The fraction of sp³-hybridized carbons (Fsp3) is 0.867. The molecule has 0 aromatic heterocycles. The number of nitrogens with two attached hydrogens (primary N) is 1. The van der Waals surface area contributed by atoms with Gasteiger partial charge in [0, 0.05) is 32.1 Å². The van der Waals surface area contributed by atoms with Crippen LogP contribution in [0.1, 0.15) is 44.9 Å². The van der Waals surface area contributed by atoms with Crippen LogP contribution in [0.15, 0.2) is 0 Å². The number of amides is 2. The van der Waals surface area contributed by atoms with Crippen molar-refractivity contribution in [2.75, 3.05) is 26.2 Å². The molecule has 0 aromatic rings. The minimum atomic E-state index is -0.0529. The van der Waals surface area contributed by atoms with Gasteiger partial charge in [0.1, 0.15) is 0 Å². The summed E-state index contributed by atoms with van der Waals surface area (Å²) in [6.07, 6.45) is 7.46. The van der Waals surface area contributed by atoms with Crippen LogP contribution in [0, 0.1) is 11.8 Å². The minimum Gasteiger partial charge on any atom is -0.355 e. The molecule has 114 valence electrons. The summed E-state index contributed by atoms with van der Waals surface area (Å²) in [5, 5.41) is 2.84. The molecule has 1 heterocycles. The molecule has 1 saturated heterocycles. The van der Waals surface area contributed by atoms with E-state index in [4.69, 9.17) is 5.73 Å². The molecule has 2 rings (SSSR count). The normalized spacial score (nSPS) is 24.4. The Labute approximate surface area is 121 Å². The summed E-state index contributed by atoms with van der Waals surface area (Å²) in [6.45, 7) is 2.39. The quantitative estimate of drug-likeness (QED) is 0.803. The second-order valence-corrected chi connectivity index (χ2v) is 6.04. The fourth-order valence-corrected chi connectivity index (χ4v) is 3.34. The predicted molar refractivity (Wildman–Crippen MR) is 77.9 cm³/mol. The number of nitrogens with one attached hydrogen (secondary N) is 1. The van der Waals surface area contributed by atoms with Crippen molar-refractivity contribution in [2.45, 2.75) is 44.9 Å². The van der Waals surface area contributed by atoms with E-state index >= 15 is 0 Å². The molecule has 3 N–H and O–H groups in total. The molecule has 2 aliphatic rings. The van der Waals surface area contributed by atoms with Gasteiger partial charge in [0.2, 0.25) is 11.8 Å². The first-order valence-electron chi connectivity index (χ1n) is 7.99. The zero-order chi connectivity index (χ0) is 14.4. The van der Waals surface area contributed by atoms with Crippen LogP contribution in [0.25, 0.3) is 0 Å². The molecule has 1 unspecified atom stereocenters. The zero-order valence-corrected chi connectivity index (χ0v) is 12.3. The molecule has 0 aromatic carbocycles. The number of likely N-dealkylation sites (tertiary alicyclic amines) is 1. The lowest BCUT2D eigenvalue weighted by Crippen LogP contribution is -2.48. The third kappa shape index (κ3) is 3.95. The van der Waals surface area contributed by atoms with E-state index in [-0.39, 0.29) is 23.7 Å². The third-order valence-electron chi connectivity index (χ3n) is 4.50. The van der Waals surface area contributed by atoms with Crippen LogP contribution in [-0.2, 0) is 9.59 Å². The molecule has 2 amide bonds. The van der Waals surface area contributed by atoms with Gasteiger partial charge in [-0.15, -0.1) is 0 Å². The summed E-state index contributed by atoms with van der Waals surface area (Å²) in [4.78, 5) is 26.4. The standard InChI is InChI=1S/C15H27N3O2/c16-8-9-17-14(19)13-7-4-10-18(11-13)15(20)12-5-2-1-3-6-12/h12-13H,1-11,16H2,(H,17,19). The summed E-state index contributed by atoms with van der Waals surface area (Å²) in [5.41, 5.74) is 5.40. The molecular formula is C15H27N3O2. The van der Waals surface area contributed by atoms with Gasteiger partial charge in [-0.1, -0.05) is 19.3 Å². The number of carbonyl (C=O) groups excluding carboxylic acids is 2. The van der Waals surface area contributed by atoms with E-state index < -0.39 is 0 Å². The van der Waals surface area contributed by atoms with Crippen LogP contribution in [0.2, 0.25) is 0 Å². The zero-order valence-electron chi connectivity index (χ0n) is 12.3. The second kappa shape index (κ2) is 7.62. The van der Waals surface area contributed by atoms with Crippen LogP contribution in [0.3, 0.4) is 0 Å². The maximum absolute atomic E-state index is 12.5. The van der Waals surface area contributed by atoms with Gasteiger partial charge in [0.15, 0.2) is 0 Å². The number of piperidine rings is 1. The van der Waals surface area contributed by atoms with Crippen molar-refractivity contribution in [1.29, 1.82) is 0 Å². The van der Waals surface area contributed by atoms with Crippen molar-refractivity contribution in [3.63, 3.8) is 0 Å². The van der Waals surface area contributed by atoms with Crippen LogP contribution in [0.4, 0.5) is 0 Å². The van der Waals surface area contributed by atoms with E-state index in [0.29, 0.717) is 19.6 Å². The van der Waals surface area contributed by atoms with Crippen molar-refractivity contribution >= 4 is 11.8 Å². The smallest absolute Gasteiger partial charge is 0.225 e. The van der Waals surface area contributed by atoms with Gasteiger partial charge in [-0.05, 0) is 25.7 Å². The van der Waals surface area contributed by atoms with Crippen molar-refractivity contribution in [3.8, 4) is 0 Å². The Kier molecular flexibility index (Phi) is 5.83. The molecule has 1 atom stereocenters. The second-order valence-electron chi connectivity index (χ2n) is 6.04. The molecule has 2 fully saturated rings. The van der Waals surface area contributed by atoms with Crippen molar-refractivity contribution < 1.29 is 9.59 Å². The highest BCUT2D eigenvalue weighted by atomic mass is 16.2. The Morgan fingerprint density at radius 2 is 1.75 bits per heavy atom. The van der Waals surface area contributed by atoms with Crippen LogP contribution in [-0.4, -0.2) is 42.9 Å². The summed E-state index contributed by atoms with van der Waals surface area (Å²) in [7, 11) is 0. The van der Waals surface area contributed by atoms with E-state index in [1.54, 1.807) is 0 Å². The maximum Gasteiger partial charge on any atom is 0.225 e. The molecule has 1 aliphatic heterocycles. The molecule has 0 radical (unpaired) electrons. The SMILES string of the molecule is NCCNC(=O)C1CCCN(C(=O)C2CCCCC2)C1. The largest absolute Gasteiger partial charge is 0.355 e. The molecule has 0 spiro atoms. The van der Waals surface area contributed by atoms with Gasteiger partial charge in [-0.25, -0.2) is 0 Å². The van der Waals surface area contributed by atoms with Crippen LogP contribution in [0.5, 0.6) is 0 Å². The van der Waals surface area contributed by atoms with E-state index in [1.165, 1.54) is 19.3 Å². The first kappa shape index (κ1) is 15.3. The lowest BCUT2D eigenvalue weighted by Gasteiger charge is -2.35. The molecule has 1 aliphatic carbocycles. The predicted octanol–water partition coefficient (Wildman–Crippen LogP) is 0.880. The summed E-state index contributed by atoms with van der Waals surface area (Å²) in [5.74, 6) is 0.482. The van der Waals surface area contributed by atoms with E-state index in [9.17, 15) is 9.59 Å². The molecule has 20 heavy (non-hydrogen) atoms. The Bertz CT molecular complexity index is 340. The Hall–Kier alpha value is -1.10. The summed E-state index contributed by atoms with van der Waals surface area (Å²) < 4.78 is 0. The lowest BCUT2D eigenvalue weighted by atomic mass is 9.87. The fourth-order valence-electron chi connectivity index (χ4n) is 3.34. The van der Waals surface area contributed by atoms with Gasteiger partial charge < -0.3 is 16.0 Å². The highest BCUT2D eigenvalue weighted by Gasteiger charge is 2.32. The third-order valence-corrected chi connectivity index (χ3v) is 4.50. The van der Waals surface area contributed by atoms with Crippen molar-refractivity contribution in [3.05, 3.63) is 0 Å². The monoisotopic (exact) mass is 281 g/mol. The van der Waals surface area contributed by atoms with Gasteiger partial charge in [0.25, 0.3) is 0 Å². The van der Waals surface area contributed by atoms with Crippen molar-refractivity contribution in [1.82, 2.24) is 10.2 Å². The van der Waals surface area contributed by atoms with E-state index in [0.717, 1.165) is 32.2 Å². The van der Waals surface area contributed by atoms with Gasteiger partial charge >= 0.3 is 0 Å². The van der Waals surface area contributed by atoms with Gasteiger partial charge in [-0.3, -0.25) is 9.59 Å². The van der Waals surface area contributed by atoms with Gasteiger partial charge in [-0.2, -0.15) is 0 Å². The average molecular weight is 281 g/mol. The molecule has 1 saturated carbocycles. The highest BCUT2D eigenvalue weighted by molar-refractivity contribution is 5.82. The number of nitrogens with zero attached hydrogens (tertiary/aromatic N) is 1. The first-order chi connectivity index (χ1) is 9.72. The van der Waals surface area contributed by atoms with Crippen molar-refractivity contribution in [2.24, 2.45) is 17.6 Å². The molecule has 5 heteroatoms. The van der Waals surface area contributed by atoms with Crippen LogP contribution < -0.4 is 11.1 Å². The summed E-state index contributed by atoms with van der Waals surface area (Å²) >= 11 is 0. The number of hydrogen-bond donors (Lipinski definition) is 2. The maximum atomic E-state index is 12.5. The van der Waals surface area contributed by atoms with Gasteiger partial charge in [0.05, 0.1) is 5.92 Å². The van der Waals surface area contributed by atoms with E-state index in [2.05, 4.69) is 5.32 Å².